The number of para-hydroxylation sites is 1. The predicted molar refractivity (Wildman–Crippen MR) is 92.5 cm³/mol. The highest BCUT2D eigenvalue weighted by Gasteiger charge is 2.47. The van der Waals surface area contributed by atoms with Crippen molar-refractivity contribution in [2.45, 2.75) is 6.04 Å². The van der Waals surface area contributed by atoms with Gasteiger partial charge in [-0.05, 0) is 29.8 Å². The molecule has 0 unspecified atom stereocenters. The van der Waals surface area contributed by atoms with E-state index in [1.54, 1.807) is 13.2 Å². The first-order valence-corrected chi connectivity index (χ1v) is 7.57. The van der Waals surface area contributed by atoms with Crippen LogP contribution in [-0.2, 0) is 4.79 Å². The molecule has 3 rings (SSSR count). The third-order valence-electron chi connectivity index (χ3n) is 4.09. The van der Waals surface area contributed by atoms with Crippen molar-refractivity contribution in [3.05, 3.63) is 85.0 Å². The second kappa shape index (κ2) is 6.53. The van der Waals surface area contributed by atoms with Crippen molar-refractivity contribution in [2.75, 3.05) is 12.0 Å². The summed E-state index contributed by atoms with van der Waals surface area (Å²) >= 11 is 0. The van der Waals surface area contributed by atoms with Gasteiger partial charge in [-0.25, -0.2) is 0 Å². The van der Waals surface area contributed by atoms with Crippen LogP contribution < -0.4 is 9.64 Å². The highest BCUT2D eigenvalue weighted by molar-refractivity contribution is 6.04. The van der Waals surface area contributed by atoms with E-state index in [2.05, 4.69) is 6.58 Å². The monoisotopic (exact) mass is 305 g/mol. The van der Waals surface area contributed by atoms with Gasteiger partial charge in [-0.15, -0.1) is 0 Å². The number of carbonyl (C=O) groups is 1. The molecule has 1 aliphatic rings. The first-order valence-electron chi connectivity index (χ1n) is 7.57. The minimum atomic E-state index is -0.165. The lowest BCUT2D eigenvalue weighted by Crippen LogP contribution is -2.54. The van der Waals surface area contributed by atoms with Crippen LogP contribution >= 0.6 is 0 Å². The summed E-state index contributed by atoms with van der Waals surface area (Å²) in [7, 11) is 1.65. The molecule has 0 radical (unpaired) electrons. The average Bonchev–Trinajstić information content (AvgIpc) is 2.61. The lowest BCUT2D eigenvalue weighted by Gasteiger charge is -2.46. The van der Waals surface area contributed by atoms with E-state index < -0.39 is 0 Å². The number of amides is 1. The number of anilines is 1. The van der Waals surface area contributed by atoms with Crippen molar-refractivity contribution in [3.8, 4) is 5.75 Å². The van der Waals surface area contributed by atoms with E-state index >= 15 is 0 Å². The number of carbonyl (C=O) groups excluding carboxylic acids is 1. The van der Waals surface area contributed by atoms with Gasteiger partial charge in [0.2, 0.25) is 5.91 Å². The molecule has 116 valence electrons. The second-order valence-electron chi connectivity index (χ2n) is 5.41. The molecule has 23 heavy (non-hydrogen) atoms. The van der Waals surface area contributed by atoms with Gasteiger partial charge in [-0.3, -0.25) is 4.79 Å². The summed E-state index contributed by atoms with van der Waals surface area (Å²) in [4.78, 5) is 14.4. The summed E-state index contributed by atoms with van der Waals surface area (Å²) in [6.45, 7) is 3.69. The Labute approximate surface area is 136 Å². The lowest BCUT2D eigenvalue weighted by molar-refractivity contribution is -0.128. The summed E-state index contributed by atoms with van der Waals surface area (Å²) in [5.41, 5.74) is 2.01. The number of methoxy groups -OCH3 is 1. The molecular formula is C20H19NO2. The van der Waals surface area contributed by atoms with Crippen LogP contribution in [0.1, 0.15) is 11.6 Å². The van der Waals surface area contributed by atoms with E-state index in [-0.39, 0.29) is 17.9 Å². The van der Waals surface area contributed by atoms with Gasteiger partial charge < -0.3 is 9.64 Å². The summed E-state index contributed by atoms with van der Waals surface area (Å²) in [5, 5.41) is 0. The topological polar surface area (TPSA) is 29.5 Å². The maximum Gasteiger partial charge on any atom is 0.236 e. The first kappa shape index (κ1) is 15.1. The Kier molecular flexibility index (Phi) is 4.29. The van der Waals surface area contributed by atoms with Gasteiger partial charge in [0.25, 0.3) is 0 Å². The molecule has 0 aliphatic carbocycles. The summed E-state index contributed by atoms with van der Waals surface area (Å²) in [5.74, 6) is 0.751. The van der Waals surface area contributed by atoms with E-state index in [0.717, 1.165) is 17.0 Å². The zero-order valence-corrected chi connectivity index (χ0v) is 13.1. The van der Waals surface area contributed by atoms with Gasteiger partial charge in [0.15, 0.2) is 0 Å². The molecule has 1 fully saturated rings. The van der Waals surface area contributed by atoms with E-state index in [1.807, 2.05) is 71.6 Å². The third-order valence-corrected chi connectivity index (χ3v) is 4.09. The van der Waals surface area contributed by atoms with Crippen LogP contribution in [0, 0.1) is 5.92 Å². The summed E-state index contributed by atoms with van der Waals surface area (Å²) < 4.78 is 5.22. The van der Waals surface area contributed by atoms with Crippen LogP contribution in [0.4, 0.5) is 5.69 Å². The Balaban J connectivity index is 1.97. The molecule has 2 aromatic carbocycles. The van der Waals surface area contributed by atoms with Crippen molar-refractivity contribution in [3.63, 3.8) is 0 Å². The molecule has 1 aliphatic heterocycles. The molecule has 3 nitrogen and oxygen atoms in total. The molecule has 0 aromatic heterocycles. The van der Waals surface area contributed by atoms with Crippen molar-refractivity contribution in [2.24, 2.45) is 5.92 Å². The highest BCUT2D eigenvalue weighted by atomic mass is 16.5. The van der Waals surface area contributed by atoms with Crippen molar-refractivity contribution in [1.29, 1.82) is 0 Å². The maximum absolute atomic E-state index is 12.6. The van der Waals surface area contributed by atoms with Crippen LogP contribution in [0.15, 0.2) is 79.4 Å². The number of rotatable bonds is 5. The fraction of sp³-hybridized carbons (Fsp3) is 0.150. The van der Waals surface area contributed by atoms with Gasteiger partial charge in [0.05, 0.1) is 19.1 Å². The first-order chi connectivity index (χ1) is 11.3. The summed E-state index contributed by atoms with van der Waals surface area (Å²) in [6.07, 6.45) is 5.45. The number of allylic oxidation sites excluding steroid dienone is 2. The zero-order valence-electron chi connectivity index (χ0n) is 13.1. The van der Waals surface area contributed by atoms with E-state index in [9.17, 15) is 4.79 Å². The van der Waals surface area contributed by atoms with E-state index in [0.29, 0.717) is 0 Å². The van der Waals surface area contributed by atoms with Crippen LogP contribution in [-0.4, -0.2) is 13.0 Å². The number of nitrogens with zero attached hydrogens (tertiary/aromatic N) is 1. The average molecular weight is 305 g/mol. The largest absolute Gasteiger partial charge is 0.497 e. The van der Waals surface area contributed by atoms with Gasteiger partial charge in [0, 0.05) is 5.69 Å². The normalized spacial score (nSPS) is 20.4. The Hall–Kier alpha value is -2.81. The Bertz CT molecular complexity index is 719. The van der Waals surface area contributed by atoms with Gasteiger partial charge >= 0.3 is 0 Å². The van der Waals surface area contributed by atoms with Crippen molar-refractivity contribution in [1.82, 2.24) is 0 Å². The molecule has 1 saturated heterocycles. The van der Waals surface area contributed by atoms with Crippen molar-refractivity contribution < 1.29 is 9.53 Å². The van der Waals surface area contributed by atoms with Gasteiger partial charge in [-0.1, -0.05) is 55.1 Å². The molecule has 3 heteroatoms. The second-order valence-corrected chi connectivity index (χ2v) is 5.41. The number of benzene rings is 2. The molecule has 0 bridgehead atoms. The number of hydrogen-bond acceptors (Lipinski definition) is 2. The fourth-order valence-electron chi connectivity index (χ4n) is 2.93. The third kappa shape index (κ3) is 2.78. The molecule has 2 aromatic rings. The molecule has 0 N–H and O–H groups in total. The quantitative estimate of drug-likeness (QED) is 0.614. The number of hydrogen-bond donors (Lipinski definition) is 0. The van der Waals surface area contributed by atoms with Gasteiger partial charge in [-0.2, -0.15) is 0 Å². The predicted octanol–water partition coefficient (Wildman–Crippen LogP) is 4.14. The lowest BCUT2D eigenvalue weighted by atomic mass is 9.81. The Morgan fingerprint density at radius 1 is 1.09 bits per heavy atom. The molecule has 2 atom stereocenters. The number of β-lactam (4-membered cyclic amide) rings is 1. The SMILES string of the molecule is C=C/C=C/[C@H]1C(=O)N(c2ccccc2)[C@@H]1c1ccc(OC)cc1. The molecular weight excluding hydrogens is 286 g/mol. The summed E-state index contributed by atoms with van der Waals surface area (Å²) in [6, 6.07) is 17.6. The maximum atomic E-state index is 12.6. The van der Waals surface area contributed by atoms with Gasteiger partial charge in [0.1, 0.15) is 5.75 Å². The van der Waals surface area contributed by atoms with E-state index in [4.69, 9.17) is 4.74 Å². The van der Waals surface area contributed by atoms with E-state index in [1.165, 1.54) is 0 Å². The minimum Gasteiger partial charge on any atom is -0.497 e. The smallest absolute Gasteiger partial charge is 0.236 e. The zero-order chi connectivity index (χ0) is 16.2. The molecule has 1 amide bonds. The minimum absolute atomic E-state index is 0.00740. The standard InChI is InChI=1S/C20H19NO2/c1-3-4-10-18-19(15-11-13-17(23-2)14-12-15)21(20(18)22)16-8-6-5-7-9-16/h3-14,18-19H,1H2,2H3/b10-4+/t18-,19-/m1/s1. The molecule has 0 spiro atoms. The van der Waals surface area contributed by atoms with Crippen LogP contribution in [0.5, 0.6) is 5.75 Å². The van der Waals surface area contributed by atoms with Crippen LogP contribution in [0.25, 0.3) is 0 Å². The molecule has 0 saturated carbocycles. The van der Waals surface area contributed by atoms with Crippen LogP contribution in [0.3, 0.4) is 0 Å². The van der Waals surface area contributed by atoms with Crippen LogP contribution in [0.2, 0.25) is 0 Å². The van der Waals surface area contributed by atoms with Crippen molar-refractivity contribution >= 4 is 11.6 Å². The Morgan fingerprint density at radius 3 is 2.39 bits per heavy atom. The highest BCUT2D eigenvalue weighted by Crippen LogP contribution is 2.44. The molecule has 1 heterocycles. The number of ether oxygens (including phenoxy) is 1. The Morgan fingerprint density at radius 2 is 1.78 bits per heavy atom. The fourth-order valence-corrected chi connectivity index (χ4v) is 2.93.